The van der Waals surface area contributed by atoms with E-state index in [1.807, 2.05) is 0 Å². The van der Waals surface area contributed by atoms with E-state index in [0.717, 1.165) is 0 Å². The van der Waals surface area contributed by atoms with Crippen LogP contribution < -0.4 is 11.1 Å². The van der Waals surface area contributed by atoms with E-state index in [-0.39, 0.29) is 12.1 Å². The molecule has 26 heavy (non-hydrogen) atoms. The second-order valence-corrected chi connectivity index (χ2v) is 6.72. The highest BCUT2D eigenvalue weighted by molar-refractivity contribution is 5.90. The lowest BCUT2D eigenvalue weighted by atomic mass is 9.89. The van der Waals surface area contributed by atoms with Crippen molar-refractivity contribution in [2.45, 2.75) is 12.1 Å². The monoisotopic (exact) mass is 337 g/mol. The van der Waals surface area contributed by atoms with Gasteiger partial charge in [-0.05, 0) is 32.7 Å². The van der Waals surface area contributed by atoms with Crippen molar-refractivity contribution in [3.05, 3.63) is 96.1 Å². The van der Waals surface area contributed by atoms with Crippen molar-refractivity contribution in [2.75, 3.05) is 0 Å². The van der Waals surface area contributed by atoms with Crippen LogP contribution in [0.2, 0.25) is 0 Å². The number of nitrogens with one attached hydrogen (secondary N) is 1. The van der Waals surface area contributed by atoms with Crippen LogP contribution in [0.15, 0.2) is 89.9 Å². The summed E-state index contributed by atoms with van der Waals surface area (Å²) in [5, 5.41) is 8.32. The Hall–Kier alpha value is -3.33. The normalized spacial score (nSPS) is 19.5. The van der Waals surface area contributed by atoms with Crippen molar-refractivity contribution in [3.63, 3.8) is 0 Å². The standard InChI is InChI=1S/C23H19N3/c24-23-25-21(19-13-5-9-15-7-1-3-11-17(15)19)22(26-23)20-14-6-10-16-8-2-4-12-18(16)20/h1-14,21-22H,(H3,24,25,26)/t21-,22-/m1/s1. The number of rotatable bonds is 2. The topological polar surface area (TPSA) is 50.4 Å². The first kappa shape index (κ1) is 15.0. The Labute approximate surface area is 152 Å². The van der Waals surface area contributed by atoms with Gasteiger partial charge in [-0.25, -0.2) is 4.99 Å². The zero-order chi connectivity index (χ0) is 17.5. The summed E-state index contributed by atoms with van der Waals surface area (Å²) in [6.45, 7) is 0. The second kappa shape index (κ2) is 5.88. The van der Waals surface area contributed by atoms with Gasteiger partial charge in [0.2, 0.25) is 0 Å². The van der Waals surface area contributed by atoms with Crippen molar-refractivity contribution < 1.29 is 0 Å². The highest BCUT2D eigenvalue weighted by atomic mass is 15.2. The molecular weight excluding hydrogens is 318 g/mol. The summed E-state index contributed by atoms with van der Waals surface area (Å²) in [6, 6.07) is 29.7. The molecular formula is C23H19N3. The van der Waals surface area contributed by atoms with Crippen LogP contribution in [0.1, 0.15) is 23.2 Å². The molecule has 3 heteroatoms. The number of hydrogen-bond acceptors (Lipinski definition) is 3. The summed E-state index contributed by atoms with van der Waals surface area (Å²) < 4.78 is 0. The lowest BCUT2D eigenvalue weighted by Gasteiger charge is -2.22. The number of aliphatic imine (C=N–C) groups is 1. The van der Waals surface area contributed by atoms with E-state index in [1.165, 1.54) is 32.7 Å². The molecule has 2 atom stereocenters. The number of guanidine groups is 1. The predicted molar refractivity (Wildman–Crippen MR) is 108 cm³/mol. The van der Waals surface area contributed by atoms with Crippen LogP contribution in [-0.4, -0.2) is 5.96 Å². The van der Waals surface area contributed by atoms with Crippen LogP contribution in [0.25, 0.3) is 21.5 Å². The van der Waals surface area contributed by atoms with E-state index in [1.54, 1.807) is 0 Å². The molecule has 0 saturated carbocycles. The fourth-order valence-corrected chi connectivity index (χ4v) is 4.03. The smallest absolute Gasteiger partial charge is 0.189 e. The van der Waals surface area contributed by atoms with Gasteiger partial charge in [-0.15, -0.1) is 0 Å². The predicted octanol–water partition coefficient (Wildman–Crippen LogP) is 4.69. The maximum atomic E-state index is 6.12. The van der Waals surface area contributed by atoms with E-state index in [4.69, 9.17) is 10.7 Å². The van der Waals surface area contributed by atoms with Gasteiger partial charge in [-0.2, -0.15) is 0 Å². The molecule has 3 N–H and O–H groups in total. The lowest BCUT2D eigenvalue weighted by molar-refractivity contribution is 0.579. The van der Waals surface area contributed by atoms with E-state index >= 15 is 0 Å². The summed E-state index contributed by atoms with van der Waals surface area (Å²) in [4.78, 5) is 4.76. The van der Waals surface area contributed by atoms with Crippen LogP contribution in [0.4, 0.5) is 0 Å². The Morgan fingerprint density at radius 3 is 1.88 bits per heavy atom. The van der Waals surface area contributed by atoms with E-state index in [2.05, 4.69) is 90.2 Å². The zero-order valence-electron chi connectivity index (χ0n) is 14.3. The summed E-state index contributed by atoms with van der Waals surface area (Å²) in [5.74, 6) is 0.501. The summed E-state index contributed by atoms with van der Waals surface area (Å²) >= 11 is 0. The quantitative estimate of drug-likeness (QED) is 0.557. The molecule has 0 bridgehead atoms. The number of hydrogen-bond donors (Lipinski definition) is 2. The Morgan fingerprint density at radius 1 is 0.654 bits per heavy atom. The van der Waals surface area contributed by atoms with Crippen molar-refractivity contribution in [2.24, 2.45) is 10.7 Å². The Balaban J connectivity index is 1.70. The number of benzene rings is 4. The van der Waals surface area contributed by atoms with Crippen molar-refractivity contribution in [3.8, 4) is 0 Å². The molecule has 1 aliphatic heterocycles. The van der Waals surface area contributed by atoms with Crippen LogP contribution in [0.3, 0.4) is 0 Å². The van der Waals surface area contributed by atoms with Crippen molar-refractivity contribution >= 4 is 27.5 Å². The first-order valence-electron chi connectivity index (χ1n) is 8.86. The number of nitrogens with zero attached hydrogens (tertiary/aromatic N) is 1. The Kier molecular flexibility index (Phi) is 3.39. The molecule has 4 aromatic carbocycles. The maximum Gasteiger partial charge on any atom is 0.189 e. The molecule has 1 aliphatic rings. The van der Waals surface area contributed by atoms with Crippen LogP contribution in [0, 0.1) is 0 Å². The van der Waals surface area contributed by atoms with Crippen molar-refractivity contribution in [1.29, 1.82) is 0 Å². The summed E-state index contributed by atoms with van der Waals surface area (Å²) in [6.07, 6.45) is 0. The minimum absolute atomic E-state index is 0.0203. The third kappa shape index (κ3) is 2.32. The van der Waals surface area contributed by atoms with Crippen molar-refractivity contribution in [1.82, 2.24) is 5.32 Å². The second-order valence-electron chi connectivity index (χ2n) is 6.72. The fraction of sp³-hybridized carbons (Fsp3) is 0.0870. The molecule has 0 saturated heterocycles. The number of nitrogens with two attached hydrogens (primary N) is 1. The molecule has 1 heterocycles. The number of fused-ring (bicyclic) bond motifs is 2. The molecule has 0 aliphatic carbocycles. The molecule has 0 aromatic heterocycles. The maximum absolute atomic E-state index is 6.12. The van der Waals surface area contributed by atoms with Crippen LogP contribution >= 0.6 is 0 Å². The van der Waals surface area contributed by atoms with E-state index in [9.17, 15) is 0 Å². The van der Waals surface area contributed by atoms with E-state index in [0.29, 0.717) is 5.96 Å². The highest BCUT2D eigenvalue weighted by Gasteiger charge is 2.32. The molecule has 4 aromatic rings. The molecule has 126 valence electrons. The zero-order valence-corrected chi connectivity index (χ0v) is 14.3. The Bertz CT molecular complexity index is 1140. The lowest BCUT2D eigenvalue weighted by Crippen LogP contribution is -2.30. The average Bonchev–Trinajstić information content (AvgIpc) is 3.08. The van der Waals surface area contributed by atoms with Gasteiger partial charge in [0.15, 0.2) is 5.96 Å². The molecule has 0 radical (unpaired) electrons. The first-order valence-corrected chi connectivity index (χ1v) is 8.86. The van der Waals surface area contributed by atoms with Gasteiger partial charge >= 0.3 is 0 Å². The molecule has 0 spiro atoms. The average molecular weight is 337 g/mol. The van der Waals surface area contributed by atoms with Gasteiger partial charge in [-0.1, -0.05) is 84.9 Å². The van der Waals surface area contributed by atoms with Gasteiger partial charge in [0.1, 0.15) is 6.04 Å². The van der Waals surface area contributed by atoms with Gasteiger partial charge in [0.25, 0.3) is 0 Å². The SMILES string of the molecule is NC1=N[C@H](c2cccc3ccccc23)[C@@H](c2cccc3ccccc23)N1. The fourth-order valence-electron chi connectivity index (χ4n) is 4.03. The minimum atomic E-state index is -0.0492. The molecule has 0 unspecified atom stereocenters. The molecule has 0 amide bonds. The van der Waals surface area contributed by atoms with Gasteiger partial charge in [0.05, 0.1) is 6.04 Å². The van der Waals surface area contributed by atoms with Gasteiger partial charge in [0, 0.05) is 0 Å². The molecule has 3 nitrogen and oxygen atoms in total. The molecule has 0 fully saturated rings. The van der Waals surface area contributed by atoms with Crippen LogP contribution in [-0.2, 0) is 0 Å². The third-order valence-corrected chi connectivity index (χ3v) is 5.20. The molecule has 5 rings (SSSR count). The highest BCUT2D eigenvalue weighted by Crippen LogP contribution is 2.40. The Morgan fingerprint density at radius 2 is 1.19 bits per heavy atom. The third-order valence-electron chi connectivity index (χ3n) is 5.20. The first-order chi connectivity index (χ1) is 12.8. The summed E-state index contributed by atoms with van der Waals surface area (Å²) in [5.41, 5.74) is 8.55. The largest absolute Gasteiger partial charge is 0.370 e. The van der Waals surface area contributed by atoms with E-state index < -0.39 is 0 Å². The van der Waals surface area contributed by atoms with Crippen LogP contribution in [0.5, 0.6) is 0 Å². The van der Waals surface area contributed by atoms with Gasteiger partial charge < -0.3 is 11.1 Å². The minimum Gasteiger partial charge on any atom is -0.370 e. The van der Waals surface area contributed by atoms with Gasteiger partial charge in [-0.3, -0.25) is 0 Å². The summed E-state index contributed by atoms with van der Waals surface area (Å²) in [7, 11) is 0.